The van der Waals surface area contributed by atoms with E-state index in [2.05, 4.69) is 15.6 Å². The maximum absolute atomic E-state index is 10.4. The molecule has 2 N–H and O–H groups in total. The van der Waals surface area contributed by atoms with Gasteiger partial charge in [0.15, 0.2) is 0 Å². The minimum Gasteiger partial charge on any atom is 1.00 e. The topological polar surface area (TPSA) is 49.1 Å². The molecule has 0 amide bonds. The Labute approximate surface area is 106 Å². The van der Waals surface area contributed by atoms with Crippen LogP contribution in [0.25, 0.3) is 0 Å². The fraction of sp³-hybridized carbons (Fsp3) is 0.800. The Balaban J connectivity index is 0. The normalized spacial score (nSPS) is 11.8. The van der Waals surface area contributed by atoms with Crippen molar-refractivity contribution in [1.29, 1.82) is 0 Å². The van der Waals surface area contributed by atoms with E-state index in [1.54, 1.807) is 0 Å². The molecule has 0 aliphatic heterocycles. The average Bonchev–Trinajstić information content (AvgIpc) is 1.67. The zero-order chi connectivity index (χ0) is 6.57. The summed E-state index contributed by atoms with van der Waals surface area (Å²) >= 11 is 2.36. The van der Waals surface area contributed by atoms with Gasteiger partial charge in [-0.3, -0.25) is 0 Å². The fourth-order valence-corrected chi connectivity index (χ4v) is 0.676. The number of nitrogens with two attached hydrogens (primary N) is 1. The van der Waals surface area contributed by atoms with Crippen LogP contribution in [-0.2, 0) is 0 Å². The van der Waals surface area contributed by atoms with E-state index in [9.17, 15) is 5.11 Å². The molecule has 0 spiro atoms. The molecule has 0 bridgehead atoms. The number of hydrogen-bond acceptors (Lipinski definition) is 2. The molecule has 0 aromatic heterocycles. The fourth-order valence-electron chi connectivity index (χ4n) is 0.429. The molecular formula is C5H10KNOSe. The molecule has 0 rings (SSSR count). The molecule has 1 unspecified atom stereocenters. The Hall–Kier alpha value is 1.79. The van der Waals surface area contributed by atoms with E-state index in [0.29, 0.717) is 0 Å². The van der Waals surface area contributed by atoms with E-state index in [1.807, 2.05) is 6.92 Å². The number of hydrogen-bond donors (Lipinski definition) is 1. The Bertz CT molecular complexity index is 89.0. The zero-order valence-electron chi connectivity index (χ0n) is 5.89. The van der Waals surface area contributed by atoms with Gasteiger partial charge in [0.1, 0.15) is 0 Å². The maximum Gasteiger partial charge on any atom is 1.00 e. The molecule has 2 nitrogen and oxygen atoms in total. The van der Waals surface area contributed by atoms with Crippen molar-refractivity contribution in [1.82, 2.24) is 0 Å². The van der Waals surface area contributed by atoms with Crippen LogP contribution >= 0.6 is 0 Å². The average molecular weight is 218 g/mol. The van der Waals surface area contributed by atoms with Crippen molar-refractivity contribution in [3.63, 3.8) is 0 Å². The quantitative estimate of drug-likeness (QED) is 0.488. The minimum absolute atomic E-state index is 0. The van der Waals surface area contributed by atoms with E-state index in [0.717, 1.165) is 12.8 Å². The molecule has 0 aromatic carbocycles. The van der Waals surface area contributed by atoms with Gasteiger partial charge in [0.05, 0.1) is 0 Å². The van der Waals surface area contributed by atoms with E-state index >= 15 is 0 Å². The first-order chi connectivity index (χ1) is 3.68. The Morgan fingerprint density at radius 3 is 2.33 bits per heavy atom. The van der Waals surface area contributed by atoms with Crippen LogP contribution in [0.5, 0.6) is 0 Å². The van der Waals surface area contributed by atoms with Crippen LogP contribution in [0.1, 0.15) is 19.8 Å². The SMILES string of the molecule is CCCC(N)C([O-])=[Se].[K+]. The second-order valence-corrected chi connectivity index (χ2v) is 2.56. The summed E-state index contributed by atoms with van der Waals surface area (Å²) in [7, 11) is 0. The standard InChI is InChI=1S/C5H11NOSe.K/c1-2-3-4(6)5(7)8;/h4H,2-3,6H2,1H3,(H,7,8);/q;+1/p-1. The van der Waals surface area contributed by atoms with Gasteiger partial charge in [-0.15, -0.1) is 0 Å². The molecule has 4 heteroatoms. The summed E-state index contributed by atoms with van der Waals surface area (Å²) in [5.74, 6) is 0. The molecule has 0 aromatic rings. The Morgan fingerprint density at radius 2 is 2.22 bits per heavy atom. The third-order valence-corrected chi connectivity index (χ3v) is 1.54. The predicted octanol–water partition coefficient (Wildman–Crippen LogP) is -4.22. The van der Waals surface area contributed by atoms with Crippen LogP contribution in [0.15, 0.2) is 0 Å². The van der Waals surface area contributed by atoms with Crippen molar-refractivity contribution in [2.24, 2.45) is 5.73 Å². The molecule has 48 valence electrons. The predicted molar refractivity (Wildman–Crippen MR) is 33.6 cm³/mol. The number of rotatable bonds is 3. The van der Waals surface area contributed by atoms with Crippen LogP contribution < -0.4 is 62.2 Å². The van der Waals surface area contributed by atoms with Gasteiger partial charge in [-0.2, -0.15) is 0 Å². The third-order valence-electron chi connectivity index (χ3n) is 0.902. The summed E-state index contributed by atoms with van der Waals surface area (Å²) in [5, 5.41) is 10.4. The van der Waals surface area contributed by atoms with Gasteiger partial charge >= 0.3 is 108 Å². The van der Waals surface area contributed by atoms with Gasteiger partial charge < -0.3 is 0 Å². The second kappa shape index (κ2) is 7.89. The molecule has 1 atom stereocenters. The molecule has 0 heterocycles. The summed E-state index contributed by atoms with van der Waals surface area (Å²) in [5.41, 5.74) is 5.35. The van der Waals surface area contributed by atoms with Crippen molar-refractivity contribution in [2.75, 3.05) is 0 Å². The Kier molecular flexibility index (Phi) is 11.7. The van der Waals surface area contributed by atoms with Crippen molar-refractivity contribution in [3.05, 3.63) is 0 Å². The largest absolute Gasteiger partial charge is 1.00 e. The molecule has 9 heavy (non-hydrogen) atoms. The van der Waals surface area contributed by atoms with Crippen LogP contribution in [0.4, 0.5) is 0 Å². The first kappa shape index (κ1) is 13.4. The minimum atomic E-state index is -0.278. The van der Waals surface area contributed by atoms with Crippen LogP contribution in [-0.4, -0.2) is 26.2 Å². The van der Waals surface area contributed by atoms with Crippen molar-refractivity contribution >= 4 is 20.2 Å². The monoisotopic (exact) mass is 219 g/mol. The third kappa shape index (κ3) is 7.68. The zero-order valence-corrected chi connectivity index (χ0v) is 10.7. The van der Waals surface area contributed by atoms with Crippen LogP contribution in [0, 0.1) is 0 Å². The van der Waals surface area contributed by atoms with E-state index in [1.165, 1.54) is 0 Å². The van der Waals surface area contributed by atoms with E-state index in [4.69, 9.17) is 5.73 Å². The van der Waals surface area contributed by atoms with Gasteiger partial charge in [-0.1, -0.05) is 0 Å². The van der Waals surface area contributed by atoms with E-state index in [-0.39, 0.29) is 62.0 Å². The molecular weight excluding hydrogens is 208 g/mol. The molecule has 0 saturated heterocycles. The summed E-state index contributed by atoms with van der Waals surface area (Å²) < 4.78 is -0.0353. The van der Waals surface area contributed by atoms with Crippen LogP contribution in [0.2, 0.25) is 0 Å². The van der Waals surface area contributed by atoms with Gasteiger partial charge in [0.25, 0.3) is 0 Å². The van der Waals surface area contributed by atoms with Crippen LogP contribution in [0.3, 0.4) is 0 Å². The second-order valence-electron chi connectivity index (χ2n) is 1.71. The molecule has 0 radical (unpaired) electrons. The molecule has 0 fully saturated rings. The van der Waals surface area contributed by atoms with Crippen molar-refractivity contribution in [2.45, 2.75) is 25.8 Å². The maximum atomic E-state index is 10.4. The van der Waals surface area contributed by atoms with E-state index < -0.39 is 0 Å². The Morgan fingerprint density at radius 1 is 1.78 bits per heavy atom. The van der Waals surface area contributed by atoms with Gasteiger partial charge in [0, 0.05) is 0 Å². The molecule has 0 aliphatic rings. The molecule has 0 saturated carbocycles. The first-order valence-corrected chi connectivity index (χ1v) is 3.50. The van der Waals surface area contributed by atoms with Crippen molar-refractivity contribution in [3.8, 4) is 0 Å². The smallest absolute Gasteiger partial charge is 1.00 e. The van der Waals surface area contributed by atoms with Gasteiger partial charge in [-0.25, -0.2) is 0 Å². The summed E-state index contributed by atoms with van der Waals surface area (Å²) in [6.07, 6.45) is 1.75. The first-order valence-electron chi connectivity index (χ1n) is 2.65. The summed E-state index contributed by atoms with van der Waals surface area (Å²) in [4.78, 5) is 0. The van der Waals surface area contributed by atoms with Gasteiger partial charge in [0.2, 0.25) is 0 Å². The van der Waals surface area contributed by atoms with Crippen molar-refractivity contribution < 1.29 is 56.5 Å². The molecule has 0 aliphatic carbocycles. The summed E-state index contributed by atoms with van der Waals surface area (Å²) in [6.45, 7) is 2.00. The van der Waals surface area contributed by atoms with Gasteiger partial charge in [-0.05, 0) is 0 Å². The summed E-state index contributed by atoms with van der Waals surface area (Å²) in [6, 6.07) is -0.278.